The molecule has 2 unspecified atom stereocenters. The van der Waals surface area contributed by atoms with E-state index < -0.39 is 0 Å². The SMILES string of the molecule is CC(COc1ccccc1)NC(C)C(=O)c1ccc(O)cc1.Cl. The van der Waals surface area contributed by atoms with Crippen molar-refractivity contribution in [3.63, 3.8) is 0 Å². The third-order valence-corrected chi connectivity index (χ3v) is 3.32. The minimum atomic E-state index is -0.320. The molecule has 2 N–H and O–H groups in total. The molecule has 0 saturated heterocycles. The van der Waals surface area contributed by atoms with Gasteiger partial charge in [-0.3, -0.25) is 4.79 Å². The predicted molar refractivity (Wildman–Crippen MR) is 93.7 cm³/mol. The van der Waals surface area contributed by atoms with Crippen LogP contribution in [0.5, 0.6) is 11.5 Å². The smallest absolute Gasteiger partial charge is 0.179 e. The van der Waals surface area contributed by atoms with E-state index in [4.69, 9.17) is 4.74 Å². The van der Waals surface area contributed by atoms with Gasteiger partial charge in [-0.1, -0.05) is 18.2 Å². The first-order chi connectivity index (χ1) is 10.6. The third kappa shape index (κ3) is 5.93. The van der Waals surface area contributed by atoms with Gasteiger partial charge in [-0.2, -0.15) is 0 Å². The summed E-state index contributed by atoms with van der Waals surface area (Å²) in [5, 5.41) is 12.5. The minimum absolute atomic E-state index is 0. The molecule has 0 fully saturated rings. The van der Waals surface area contributed by atoms with Crippen LogP contribution in [0.25, 0.3) is 0 Å². The fourth-order valence-corrected chi connectivity index (χ4v) is 2.16. The van der Waals surface area contributed by atoms with Crippen LogP contribution in [0.2, 0.25) is 0 Å². The number of ether oxygens (including phenoxy) is 1. The zero-order chi connectivity index (χ0) is 15.9. The van der Waals surface area contributed by atoms with Gasteiger partial charge >= 0.3 is 0 Å². The maximum absolute atomic E-state index is 12.3. The number of para-hydroxylation sites is 1. The summed E-state index contributed by atoms with van der Waals surface area (Å²) in [5.74, 6) is 0.960. The molecule has 2 atom stereocenters. The van der Waals surface area contributed by atoms with Gasteiger partial charge in [0, 0.05) is 11.6 Å². The van der Waals surface area contributed by atoms with Gasteiger partial charge in [-0.05, 0) is 50.2 Å². The number of carbonyl (C=O) groups is 1. The van der Waals surface area contributed by atoms with E-state index in [2.05, 4.69) is 5.32 Å². The van der Waals surface area contributed by atoms with Crippen molar-refractivity contribution in [1.29, 1.82) is 0 Å². The maximum atomic E-state index is 12.3. The largest absolute Gasteiger partial charge is 0.508 e. The monoisotopic (exact) mass is 335 g/mol. The number of nitrogens with one attached hydrogen (secondary N) is 1. The van der Waals surface area contributed by atoms with E-state index in [1.165, 1.54) is 12.1 Å². The summed E-state index contributed by atoms with van der Waals surface area (Å²) < 4.78 is 5.66. The lowest BCUT2D eigenvalue weighted by Gasteiger charge is -2.19. The lowest BCUT2D eigenvalue weighted by Crippen LogP contribution is -2.42. The summed E-state index contributed by atoms with van der Waals surface area (Å²) in [5.41, 5.74) is 0.578. The molecule has 0 aliphatic heterocycles. The zero-order valence-electron chi connectivity index (χ0n) is 13.2. The highest BCUT2D eigenvalue weighted by atomic mass is 35.5. The summed E-state index contributed by atoms with van der Waals surface area (Å²) in [6, 6.07) is 15.6. The van der Waals surface area contributed by atoms with Gasteiger partial charge in [0.2, 0.25) is 0 Å². The second-order valence-corrected chi connectivity index (χ2v) is 5.32. The normalized spacial score (nSPS) is 12.8. The summed E-state index contributed by atoms with van der Waals surface area (Å²) in [6.07, 6.45) is 0. The van der Waals surface area contributed by atoms with Crippen molar-refractivity contribution in [3.05, 3.63) is 60.2 Å². The van der Waals surface area contributed by atoms with Crippen molar-refractivity contribution in [3.8, 4) is 11.5 Å². The highest BCUT2D eigenvalue weighted by Gasteiger charge is 2.17. The number of ketones is 1. The number of aromatic hydroxyl groups is 1. The van der Waals surface area contributed by atoms with Crippen molar-refractivity contribution in [1.82, 2.24) is 5.32 Å². The molecule has 0 aromatic heterocycles. The number of Topliss-reactive ketones (excluding diaryl/α,β-unsaturated/α-hetero) is 1. The third-order valence-electron chi connectivity index (χ3n) is 3.32. The van der Waals surface area contributed by atoms with E-state index in [1.807, 2.05) is 44.2 Å². The molecule has 0 amide bonds. The molecule has 2 rings (SSSR count). The van der Waals surface area contributed by atoms with Crippen LogP contribution in [-0.4, -0.2) is 29.6 Å². The molecule has 5 heteroatoms. The average molecular weight is 336 g/mol. The Labute approximate surface area is 142 Å². The second-order valence-electron chi connectivity index (χ2n) is 5.32. The summed E-state index contributed by atoms with van der Waals surface area (Å²) >= 11 is 0. The summed E-state index contributed by atoms with van der Waals surface area (Å²) in [4.78, 5) is 12.3. The number of halogens is 1. The number of benzene rings is 2. The molecule has 4 nitrogen and oxygen atoms in total. The number of phenols is 1. The van der Waals surface area contributed by atoms with Crippen molar-refractivity contribution in [2.24, 2.45) is 0 Å². The fourth-order valence-electron chi connectivity index (χ4n) is 2.16. The highest BCUT2D eigenvalue weighted by molar-refractivity contribution is 5.99. The molecule has 0 spiro atoms. The Balaban J connectivity index is 0.00000264. The zero-order valence-corrected chi connectivity index (χ0v) is 14.0. The fraction of sp³-hybridized carbons (Fsp3) is 0.278. The van der Waals surface area contributed by atoms with Crippen LogP contribution in [0, 0.1) is 0 Å². The molecule has 0 heterocycles. The van der Waals surface area contributed by atoms with Gasteiger partial charge in [0.15, 0.2) is 5.78 Å². The van der Waals surface area contributed by atoms with Crippen LogP contribution in [0.1, 0.15) is 24.2 Å². The lowest BCUT2D eigenvalue weighted by atomic mass is 10.0. The minimum Gasteiger partial charge on any atom is -0.508 e. The van der Waals surface area contributed by atoms with Crippen molar-refractivity contribution in [2.45, 2.75) is 25.9 Å². The average Bonchev–Trinajstić information content (AvgIpc) is 2.54. The van der Waals surface area contributed by atoms with Gasteiger partial charge in [0.25, 0.3) is 0 Å². The van der Waals surface area contributed by atoms with E-state index in [1.54, 1.807) is 12.1 Å². The van der Waals surface area contributed by atoms with Crippen LogP contribution in [-0.2, 0) is 0 Å². The van der Waals surface area contributed by atoms with E-state index in [9.17, 15) is 9.90 Å². The number of hydrogen-bond donors (Lipinski definition) is 2. The van der Waals surface area contributed by atoms with E-state index in [0.29, 0.717) is 12.2 Å². The van der Waals surface area contributed by atoms with Crippen molar-refractivity contribution < 1.29 is 14.6 Å². The Morgan fingerprint density at radius 2 is 1.70 bits per heavy atom. The molecule has 23 heavy (non-hydrogen) atoms. The van der Waals surface area contributed by atoms with Crippen molar-refractivity contribution in [2.75, 3.05) is 6.61 Å². The first kappa shape index (κ1) is 19.0. The second kappa shape index (κ2) is 9.18. The molecule has 2 aromatic carbocycles. The van der Waals surface area contributed by atoms with Crippen LogP contribution in [0.15, 0.2) is 54.6 Å². The Morgan fingerprint density at radius 3 is 2.30 bits per heavy atom. The Kier molecular flexibility index (Phi) is 7.59. The first-order valence-electron chi connectivity index (χ1n) is 7.33. The molecule has 0 saturated carbocycles. The number of rotatable bonds is 7. The maximum Gasteiger partial charge on any atom is 0.179 e. The quantitative estimate of drug-likeness (QED) is 0.761. The lowest BCUT2D eigenvalue weighted by molar-refractivity contribution is 0.0940. The molecule has 124 valence electrons. The van der Waals surface area contributed by atoms with Crippen LogP contribution in [0.3, 0.4) is 0 Å². The molecule has 0 radical (unpaired) electrons. The molecular formula is C18H22ClNO3. The standard InChI is InChI=1S/C18H21NO3.ClH/c1-13(12-22-17-6-4-3-5-7-17)19-14(2)18(21)15-8-10-16(20)11-9-15;/h3-11,13-14,19-20H,12H2,1-2H3;1H. The van der Waals surface area contributed by atoms with Gasteiger partial charge in [-0.25, -0.2) is 0 Å². The van der Waals surface area contributed by atoms with Gasteiger partial charge in [-0.15, -0.1) is 12.4 Å². The Morgan fingerprint density at radius 1 is 1.09 bits per heavy atom. The van der Waals surface area contributed by atoms with Crippen LogP contribution >= 0.6 is 12.4 Å². The van der Waals surface area contributed by atoms with Crippen molar-refractivity contribution >= 4 is 18.2 Å². The Bertz CT molecular complexity index is 601. The molecule has 0 aliphatic rings. The molecule has 0 bridgehead atoms. The Hall–Kier alpha value is -2.04. The van der Waals surface area contributed by atoms with E-state index in [0.717, 1.165) is 5.75 Å². The van der Waals surface area contributed by atoms with Crippen LogP contribution < -0.4 is 10.1 Å². The first-order valence-corrected chi connectivity index (χ1v) is 7.33. The van der Waals surface area contributed by atoms with E-state index in [-0.39, 0.29) is 36.0 Å². The van der Waals surface area contributed by atoms with E-state index >= 15 is 0 Å². The predicted octanol–water partition coefficient (Wildman–Crippen LogP) is 3.44. The number of carbonyl (C=O) groups excluding carboxylic acids is 1. The number of phenolic OH excluding ortho intramolecular Hbond substituents is 1. The highest BCUT2D eigenvalue weighted by Crippen LogP contribution is 2.12. The summed E-state index contributed by atoms with van der Waals surface area (Å²) in [7, 11) is 0. The number of hydrogen-bond acceptors (Lipinski definition) is 4. The molecule has 0 aliphatic carbocycles. The summed E-state index contributed by atoms with van der Waals surface area (Å²) in [6.45, 7) is 4.29. The topological polar surface area (TPSA) is 58.6 Å². The molecule has 2 aromatic rings. The van der Waals surface area contributed by atoms with Gasteiger partial charge < -0.3 is 15.2 Å². The molecular weight excluding hydrogens is 314 g/mol. The van der Waals surface area contributed by atoms with Gasteiger partial charge in [0.1, 0.15) is 18.1 Å². The van der Waals surface area contributed by atoms with Gasteiger partial charge in [0.05, 0.1) is 6.04 Å². The van der Waals surface area contributed by atoms with Crippen LogP contribution in [0.4, 0.5) is 0 Å².